The average molecular weight is 532 g/mol. The van der Waals surface area contributed by atoms with E-state index in [9.17, 15) is 4.79 Å². The molecule has 1 aliphatic carbocycles. The Balaban J connectivity index is 1.52. The summed E-state index contributed by atoms with van der Waals surface area (Å²) in [5.41, 5.74) is 5.09. The van der Waals surface area contributed by atoms with E-state index >= 15 is 0 Å². The second-order valence-electron chi connectivity index (χ2n) is 11.5. The number of nitrogens with one attached hydrogen (secondary N) is 1. The predicted octanol–water partition coefficient (Wildman–Crippen LogP) is 6.59. The largest absolute Gasteiger partial charge is 0.497 e. The molecule has 0 bridgehead atoms. The highest BCUT2D eigenvalue weighted by Gasteiger charge is 2.50. The Morgan fingerprint density at radius 3 is 2.40 bits per heavy atom. The first-order valence-electron chi connectivity index (χ1n) is 13.6. The third-order valence-corrected chi connectivity index (χ3v) is 8.02. The zero-order valence-corrected chi connectivity index (χ0v) is 23.3. The summed E-state index contributed by atoms with van der Waals surface area (Å²) < 4.78 is 5.37. The summed E-state index contributed by atoms with van der Waals surface area (Å²) in [6, 6.07) is 22.2. The molecule has 202 valence electrons. The van der Waals surface area contributed by atoms with Gasteiger partial charge < -0.3 is 15.0 Å². The number of hydrogen-bond acceptors (Lipinski definition) is 7. The Hall–Kier alpha value is -4.52. The Morgan fingerprint density at radius 1 is 0.900 bits per heavy atom. The molecule has 4 aromatic rings. The SMILES string of the molecule is COc1ccc(CN2C3=C(C(=O)CC(C)(C)C3)C(C)(c3cccc(Nc4ncccn4)c3)c3cccnc32)cc1. The monoisotopic (exact) mass is 531 g/mol. The van der Waals surface area contributed by atoms with Gasteiger partial charge in [-0.3, -0.25) is 4.79 Å². The summed E-state index contributed by atoms with van der Waals surface area (Å²) in [5, 5.41) is 3.31. The van der Waals surface area contributed by atoms with E-state index in [-0.39, 0.29) is 11.2 Å². The number of rotatable bonds is 6. The number of fused-ring (bicyclic) bond motifs is 1. The predicted molar refractivity (Wildman–Crippen MR) is 157 cm³/mol. The highest BCUT2D eigenvalue weighted by Crippen LogP contribution is 2.54. The fourth-order valence-electron chi connectivity index (χ4n) is 6.14. The number of pyridine rings is 1. The van der Waals surface area contributed by atoms with E-state index in [0.29, 0.717) is 18.9 Å². The topological polar surface area (TPSA) is 80.2 Å². The van der Waals surface area contributed by atoms with Crippen molar-refractivity contribution in [2.75, 3.05) is 17.3 Å². The minimum Gasteiger partial charge on any atom is -0.497 e. The maximum absolute atomic E-state index is 14.1. The number of hydrogen-bond donors (Lipinski definition) is 1. The van der Waals surface area contributed by atoms with Gasteiger partial charge >= 0.3 is 0 Å². The number of carbonyl (C=O) groups is 1. The van der Waals surface area contributed by atoms with Crippen molar-refractivity contribution in [1.29, 1.82) is 0 Å². The molecule has 2 aliphatic rings. The molecule has 7 heteroatoms. The first-order chi connectivity index (χ1) is 19.3. The van der Waals surface area contributed by atoms with Gasteiger partial charge in [-0.2, -0.15) is 0 Å². The molecule has 1 aliphatic heterocycles. The highest BCUT2D eigenvalue weighted by atomic mass is 16.5. The van der Waals surface area contributed by atoms with Crippen LogP contribution in [-0.4, -0.2) is 27.8 Å². The van der Waals surface area contributed by atoms with E-state index < -0.39 is 5.41 Å². The summed E-state index contributed by atoms with van der Waals surface area (Å²) in [4.78, 5) is 30.0. The lowest BCUT2D eigenvalue weighted by Gasteiger charge is -2.48. The molecule has 1 unspecified atom stereocenters. The number of carbonyl (C=O) groups excluding carboxylic acids is 1. The van der Waals surface area contributed by atoms with Gasteiger partial charge in [0.15, 0.2) is 5.78 Å². The average Bonchev–Trinajstić information content (AvgIpc) is 2.95. The van der Waals surface area contributed by atoms with Gasteiger partial charge in [0.2, 0.25) is 5.95 Å². The summed E-state index contributed by atoms with van der Waals surface area (Å²) in [6.45, 7) is 7.13. The number of ketones is 1. The van der Waals surface area contributed by atoms with Gasteiger partial charge in [0.25, 0.3) is 0 Å². The lowest BCUT2D eigenvalue weighted by atomic mass is 9.61. The Labute approximate surface area is 235 Å². The first kappa shape index (κ1) is 25.7. The number of aromatic nitrogens is 3. The number of ether oxygens (including phenoxy) is 1. The van der Waals surface area contributed by atoms with Gasteiger partial charge in [-0.1, -0.05) is 44.2 Å². The van der Waals surface area contributed by atoms with E-state index in [4.69, 9.17) is 9.72 Å². The van der Waals surface area contributed by atoms with Crippen LogP contribution in [0.15, 0.2) is 96.6 Å². The summed E-state index contributed by atoms with van der Waals surface area (Å²) in [5.74, 6) is 2.41. The van der Waals surface area contributed by atoms with Crippen molar-refractivity contribution in [2.45, 2.75) is 45.6 Å². The lowest BCUT2D eigenvalue weighted by molar-refractivity contribution is -0.118. The van der Waals surface area contributed by atoms with Crippen LogP contribution in [0.3, 0.4) is 0 Å². The van der Waals surface area contributed by atoms with Gasteiger partial charge in [-0.05, 0) is 66.3 Å². The van der Waals surface area contributed by atoms with Crippen molar-refractivity contribution in [3.05, 3.63) is 113 Å². The number of methoxy groups -OCH3 is 1. The van der Waals surface area contributed by atoms with Gasteiger partial charge in [0.1, 0.15) is 11.6 Å². The van der Waals surface area contributed by atoms with Crippen molar-refractivity contribution < 1.29 is 9.53 Å². The molecular formula is C33H33N5O2. The first-order valence-corrected chi connectivity index (χ1v) is 13.6. The second kappa shape index (κ2) is 9.90. The van der Waals surface area contributed by atoms with Crippen LogP contribution in [0.25, 0.3) is 0 Å². The Kier molecular flexibility index (Phi) is 6.37. The fourth-order valence-corrected chi connectivity index (χ4v) is 6.14. The zero-order valence-electron chi connectivity index (χ0n) is 23.3. The summed E-state index contributed by atoms with van der Waals surface area (Å²) >= 11 is 0. The van der Waals surface area contributed by atoms with Gasteiger partial charge in [-0.15, -0.1) is 0 Å². The van der Waals surface area contributed by atoms with Gasteiger partial charge in [0, 0.05) is 54.1 Å². The number of benzene rings is 2. The lowest BCUT2D eigenvalue weighted by Crippen LogP contribution is -2.46. The number of Topliss-reactive ketones (excluding diaryl/α,β-unsaturated/α-hetero) is 1. The standard InChI is InChI=1S/C33H33N5O2/c1-32(2)19-27-29(28(39)20-32)33(3,23-8-5-9-24(18-23)37-31-35-16-7-17-36-31)26-10-6-15-34-30(26)38(27)21-22-11-13-25(40-4)14-12-22/h5-18H,19-21H2,1-4H3,(H,35,36,37). The van der Waals surface area contributed by atoms with Crippen molar-refractivity contribution in [2.24, 2.45) is 5.41 Å². The molecule has 2 aromatic carbocycles. The molecule has 0 fully saturated rings. The molecule has 1 N–H and O–H groups in total. The van der Waals surface area contributed by atoms with Crippen molar-refractivity contribution >= 4 is 23.2 Å². The van der Waals surface area contributed by atoms with Crippen LogP contribution in [-0.2, 0) is 16.8 Å². The van der Waals surface area contributed by atoms with Crippen molar-refractivity contribution in [3.63, 3.8) is 0 Å². The summed E-state index contributed by atoms with van der Waals surface area (Å²) in [7, 11) is 1.67. The normalized spacial score (nSPS) is 19.6. The molecule has 0 amide bonds. The molecule has 0 saturated heterocycles. The van der Waals surface area contributed by atoms with Crippen molar-refractivity contribution in [1.82, 2.24) is 15.0 Å². The third-order valence-electron chi connectivity index (χ3n) is 8.02. The molecule has 1 atom stereocenters. The van der Waals surface area contributed by atoms with E-state index in [2.05, 4.69) is 71.3 Å². The smallest absolute Gasteiger partial charge is 0.227 e. The van der Waals surface area contributed by atoms with Gasteiger partial charge in [0.05, 0.1) is 12.5 Å². The molecule has 2 aromatic heterocycles. The number of allylic oxidation sites excluding steroid dienone is 2. The Morgan fingerprint density at radius 2 is 1.65 bits per heavy atom. The van der Waals surface area contributed by atoms with Crippen LogP contribution in [0, 0.1) is 5.41 Å². The maximum Gasteiger partial charge on any atom is 0.227 e. The van der Waals surface area contributed by atoms with E-state index in [0.717, 1.165) is 51.6 Å². The molecule has 0 saturated carbocycles. The Bertz CT molecular complexity index is 1600. The fraction of sp³-hybridized carbons (Fsp3) is 0.273. The van der Waals surface area contributed by atoms with Crippen LogP contribution in [0.1, 0.15) is 50.3 Å². The minimum absolute atomic E-state index is 0.157. The van der Waals surface area contributed by atoms with Crippen LogP contribution < -0.4 is 15.0 Å². The zero-order chi connectivity index (χ0) is 27.9. The molecular weight excluding hydrogens is 498 g/mol. The number of nitrogens with zero attached hydrogens (tertiary/aromatic N) is 4. The van der Waals surface area contributed by atoms with Gasteiger partial charge in [-0.25, -0.2) is 15.0 Å². The minimum atomic E-state index is -0.682. The van der Waals surface area contributed by atoms with Crippen LogP contribution in [0.2, 0.25) is 0 Å². The van der Waals surface area contributed by atoms with E-state index in [1.54, 1.807) is 25.6 Å². The van der Waals surface area contributed by atoms with E-state index in [1.807, 2.05) is 36.5 Å². The highest BCUT2D eigenvalue weighted by molar-refractivity contribution is 6.03. The van der Waals surface area contributed by atoms with Crippen LogP contribution in [0.4, 0.5) is 17.5 Å². The molecule has 40 heavy (non-hydrogen) atoms. The van der Waals surface area contributed by atoms with E-state index in [1.165, 1.54) is 0 Å². The number of anilines is 3. The molecule has 7 nitrogen and oxygen atoms in total. The quantitative estimate of drug-likeness (QED) is 0.300. The second-order valence-corrected chi connectivity index (χ2v) is 11.5. The van der Waals surface area contributed by atoms with Crippen LogP contribution >= 0.6 is 0 Å². The molecule has 0 radical (unpaired) electrons. The third kappa shape index (κ3) is 4.51. The summed E-state index contributed by atoms with van der Waals surface area (Å²) in [6.07, 6.45) is 6.54. The van der Waals surface area contributed by atoms with Crippen LogP contribution in [0.5, 0.6) is 5.75 Å². The molecule has 0 spiro atoms. The molecule has 3 heterocycles. The molecule has 6 rings (SSSR count). The maximum atomic E-state index is 14.1. The van der Waals surface area contributed by atoms with Crippen molar-refractivity contribution in [3.8, 4) is 5.75 Å².